The van der Waals surface area contributed by atoms with Crippen molar-refractivity contribution < 1.29 is 13.2 Å². The first-order valence-electron chi connectivity index (χ1n) is 6.28. The molecule has 2 rings (SSSR count). The fourth-order valence-electron chi connectivity index (χ4n) is 2.15. The van der Waals surface area contributed by atoms with Crippen molar-refractivity contribution in [3.63, 3.8) is 0 Å². The van der Waals surface area contributed by atoms with Gasteiger partial charge in [0.1, 0.15) is 0 Å². The van der Waals surface area contributed by atoms with E-state index in [9.17, 15) is 13.2 Å². The lowest BCUT2D eigenvalue weighted by Crippen LogP contribution is -2.30. The average Bonchev–Trinajstić information content (AvgIpc) is 3.13. The van der Waals surface area contributed by atoms with Crippen molar-refractivity contribution in [2.45, 2.75) is 24.7 Å². The molecular weight excluding hydrogens is 344 g/mol. The van der Waals surface area contributed by atoms with Gasteiger partial charge in [-0.3, -0.25) is 4.79 Å². The molecule has 5 nitrogen and oxygen atoms in total. The minimum Gasteiger partial charge on any atom is -0.341 e. The molecule has 0 aliphatic heterocycles. The topological polar surface area (TPSA) is 80.5 Å². The molecule has 1 aliphatic carbocycles. The zero-order valence-corrected chi connectivity index (χ0v) is 13.8. The Morgan fingerprint density at radius 2 is 2.05 bits per heavy atom. The van der Waals surface area contributed by atoms with Gasteiger partial charge in [-0.05, 0) is 43.4 Å². The number of sulfonamides is 1. The monoisotopic (exact) mass is 360 g/mol. The summed E-state index contributed by atoms with van der Waals surface area (Å²) in [6.07, 6.45) is 2.30. The van der Waals surface area contributed by atoms with Gasteiger partial charge in [0.05, 0.1) is 4.90 Å². The van der Waals surface area contributed by atoms with Crippen molar-refractivity contribution in [3.8, 4) is 0 Å². The summed E-state index contributed by atoms with van der Waals surface area (Å²) in [5.74, 6) is 0.398. The van der Waals surface area contributed by atoms with Crippen LogP contribution in [0.2, 0.25) is 0 Å². The maximum Gasteiger partial charge on any atom is 0.253 e. The Hall–Kier alpha value is -0.920. The molecule has 0 heterocycles. The molecule has 20 heavy (non-hydrogen) atoms. The van der Waals surface area contributed by atoms with Crippen molar-refractivity contribution in [3.05, 3.63) is 27.7 Å². The molecule has 1 aromatic carbocycles. The first-order chi connectivity index (χ1) is 9.20. The number of nitrogens with two attached hydrogens (primary N) is 1. The molecular formula is C13H17BrN2O3S. The van der Waals surface area contributed by atoms with Crippen LogP contribution in [-0.2, 0) is 10.0 Å². The normalized spacial score (nSPS) is 15.2. The number of amides is 1. The number of rotatable bonds is 4. The van der Waals surface area contributed by atoms with Crippen LogP contribution in [0.25, 0.3) is 0 Å². The fraction of sp³-hybridized carbons (Fsp3) is 0.462. The lowest BCUT2D eigenvalue weighted by molar-refractivity contribution is 0.0787. The quantitative estimate of drug-likeness (QED) is 0.889. The SMILES string of the molecule is Cc1c(C(=O)N(C)CC2CC2)cc(Br)cc1S(N)(=O)=O. The van der Waals surface area contributed by atoms with E-state index in [0.717, 1.165) is 12.8 Å². The second-order valence-electron chi connectivity index (χ2n) is 5.25. The van der Waals surface area contributed by atoms with E-state index in [2.05, 4.69) is 15.9 Å². The van der Waals surface area contributed by atoms with E-state index >= 15 is 0 Å². The molecule has 0 unspecified atom stereocenters. The lowest BCUT2D eigenvalue weighted by atomic mass is 10.1. The zero-order valence-electron chi connectivity index (χ0n) is 11.4. The van der Waals surface area contributed by atoms with Gasteiger partial charge in [-0.15, -0.1) is 0 Å². The number of nitrogens with zero attached hydrogens (tertiary/aromatic N) is 1. The predicted octanol–water partition coefficient (Wildman–Crippen LogP) is 1.89. The molecule has 0 bridgehead atoms. The Morgan fingerprint density at radius 1 is 1.45 bits per heavy atom. The van der Waals surface area contributed by atoms with Gasteiger partial charge in [0.15, 0.2) is 0 Å². The highest BCUT2D eigenvalue weighted by molar-refractivity contribution is 9.10. The van der Waals surface area contributed by atoms with Crippen LogP contribution in [0.5, 0.6) is 0 Å². The molecule has 0 saturated heterocycles. The third kappa shape index (κ3) is 3.39. The van der Waals surface area contributed by atoms with E-state index in [1.54, 1.807) is 24.9 Å². The smallest absolute Gasteiger partial charge is 0.253 e. The molecule has 1 aliphatic rings. The maximum absolute atomic E-state index is 12.4. The summed E-state index contributed by atoms with van der Waals surface area (Å²) in [4.78, 5) is 14.0. The summed E-state index contributed by atoms with van der Waals surface area (Å²) < 4.78 is 23.7. The molecule has 1 amide bonds. The van der Waals surface area contributed by atoms with E-state index in [0.29, 0.717) is 28.1 Å². The molecule has 110 valence electrons. The summed E-state index contributed by atoms with van der Waals surface area (Å²) in [6, 6.07) is 3.05. The summed E-state index contributed by atoms with van der Waals surface area (Å²) in [7, 11) is -2.12. The molecule has 1 fully saturated rings. The van der Waals surface area contributed by atoms with Gasteiger partial charge in [-0.1, -0.05) is 15.9 Å². The summed E-state index contributed by atoms with van der Waals surface area (Å²) >= 11 is 3.23. The van der Waals surface area contributed by atoms with Gasteiger partial charge in [-0.25, -0.2) is 13.6 Å². The molecule has 0 atom stereocenters. The highest BCUT2D eigenvalue weighted by atomic mass is 79.9. The molecule has 2 N–H and O–H groups in total. The number of primary sulfonamides is 1. The van der Waals surface area contributed by atoms with Crippen LogP contribution in [0.1, 0.15) is 28.8 Å². The zero-order chi connectivity index (χ0) is 15.1. The Morgan fingerprint density at radius 3 is 2.55 bits per heavy atom. The van der Waals surface area contributed by atoms with Crippen molar-refractivity contribution in [1.82, 2.24) is 4.90 Å². The Bertz CT molecular complexity index is 654. The number of carbonyl (C=O) groups is 1. The average molecular weight is 361 g/mol. The number of carbonyl (C=O) groups excluding carboxylic acids is 1. The molecule has 1 aromatic rings. The second-order valence-corrected chi connectivity index (χ2v) is 7.70. The summed E-state index contributed by atoms with van der Waals surface area (Å²) in [5.41, 5.74) is 0.759. The molecule has 0 radical (unpaired) electrons. The predicted molar refractivity (Wildman–Crippen MR) is 79.9 cm³/mol. The van der Waals surface area contributed by atoms with E-state index in [-0.39, 0.29) is 10.8 Å². The lowest BCUT2D eigenvalue weighted by Gasteiger charge is -2.19. The summed E-state index contributed by atoms with van der Waals surface area (Å²) in [5, 5.41) is 5.19. The van der Waals surface area contributed by atoms with E-state index in [1.165, 1.54) is 6.07 Å². The summed E-state index contributed by atoms with van der Waals surface area (Å²) in [6.45, 7) is 2.31. The number of hydrogen-bond donors (Lipinski definition) is 1. The van der Waals surface area contributed by atoms with Gasteiger partial charge >= 0.3 is 0 Å². The van der Waals surface area contributed by atoms with E-state index in [1.807, 2.05) is 0 Å². The van der Waals surface area contributed by atoms with Crippen LogP contribution in [-0.4, -0.2) is 32.8 Å². The van der Waals surface area contributed by atoms with Gasteiger partial charge in [0, 0.05) is 23.6 Å². The van der Waals surface area contributed by atoms with Crippen LogP contribution >= 0.6 is 15.9 Å². The van der Waals surface area contributed by atoms with Gasteiger partial charge in [-0.2, -0.15) is 0 Å². The first-order valence-corrected chi connectivity index (χ1v) is 8.62. The van der Waals surface area contributed by atoms with Crippen molar-refractivity contribution in [2.75, 3.05) is 13.6 Å². The van der Waals surface area contributed by atoms with E-state index in [4.69, 9.17) is 5.14 Å². The Balaban J connectivity index is 2.40. The molecule has 7 heteroatoms. The van der Waals surface area contributed by atoms with Crippen LogP contribution in [0.3, 0.4) is 0 Å². The highest BCUT2D eigenvalue weighted by Gasteiger charge is 2.27. The maximum atomic E-state index is 12.4. The van der Waals surface area contributed by atoms with Crippen LogP contribution in [0.4, 0.5) is 0 Å². The third-order valence-corrected chi connectivity index (χ3v) is 4.93. The number of halogens is 1. The van der Waals surface area contributed by atoms with Crippen LogP contribution < -0.4 is 5.14 Å². The van der Waals surface area contributed by atoms with Crippen molar-refractivity contribution in [1.29, 1.82) is 0 Å². The first kappa shape index (κ1) is 15.5. The minimum absolute atomic E-state index is 0.0185. The largest absolute Gasteiger partial charge is 0.341 e. The number of benzene rings is 1. The Kier molecular flexibility index (Phi) is 4.22. The fourth-order valence-corrected chi connectivity index (χ4v) is 3.59. The number of hydrogen-bond acceptors (Lipinski definition) is 3. The molecule has 0 aromatic heterocycles. The second kappa shape index (κ2) is 5.46. The van der Waals surface area contributed by atoms with Crippen molar-refractivity contribution in [2.24, 2.45) is 11.1 Å². The van der Waals surface area contributed by atoms with Crippen LogP contribution in [0, 0.1) is 12.8 Å². The molecule has 1 saturated carbocycles. The third-order valence-electron chi connectivity index (χ3n) is 3.44. The van der Waals surface area contributed by atoms with Gasteiger partial charge in [0.2, 0.25) is 10.0 Å². The Labute approximate surface area is 127 Å². The minimum atomic E-state index is -3.85. The van der Waals surface area contributed by atoms with E-state index < -0.39 is 10.0 Å². The van der Waals surface area contributed by atoms with Gasteiger partial charge in [0.25, 0.3) is 5.91 Å². The van der Waals surface area contributed by atoms with Gasteiger partial charge < -0.3 is 4.90 Å². The molecule has 0 spiro atoms. The highest BCUT2D eigenvalue weighted by Crippen LogP contribution is 2.30. The van der Waals surface area contributed by atoms with Crippen LogP contribution in [0.15, 0.2) is 21.5 Å². The van der Waals surface area contributed by atoms with Crippen molar-refractivity contribution >= 4 is 31.9 Å². The standard InChI is InChI=1S/C13H17BrN2O3S/c1-8-11(13(17)16(2)7-9-3-4-9)5-10(14)6-12(8)20(15,18)19/h5-6,9H,3-4,7H2,1-2H3,(H2,15,18,19).